The van der Waals surface area contributed by atoms with Crippen LogP contribution in [0.1, 0.15) is 11.1 Å². The third kappa shape index (κ3) is 3.17. The zero-order chi connectivity index (χ0) is 12.3. The molecule has 1 heterocycles. The van der Waals surface area contributed by atoms with E-state index in [1.54, 1.807) is 0 Å². The molecule has 0 unspecified atom stereocenters. The second kappa shape index (κ2) is 5.47. The number of morpholine rings is 1. The summed E-state index contributed by atoms with van der Waals surface area (Å²) in [5, 5.41) is 4.07. The van der Waals surface area contributed by atoms with Crippen LogP contribution in [0.4, 0.5) is 5.69 Å². The van der Waals surface area contributed by atoms with Crippen molar-refractivity contribution in [1.29, 1.82) is 0 Å². The molecule has 1 aromatic carbocycles. The molecule has 0 aromatic heterocycles. The van der Waals surface area contributed by atoms with Crippen molar-refractivity contribution in [2.45, 2.75) is 13.8 Å². The van der Waals surface area contributed by atoms with E-state index in [-0.39, 0.29) is 0 Å². The normalized spacial score (nSPS) is 15.8. The molecule has 1 aliphatic rings. The average Bonchev–Trinajstić information content (AvgIpc) is 2.35. The Kier molecular flexibility index (Phi) is 3.97. The van der Waals surface area contributed by atoms with Gasteiger partial charge in [-0.3, -0.25) is 0 Å². The molecule has 0 saturated carbocycles. The summed E-state index contributed by atoms with van der Waals surface area (Å²) >= 11 is 5.39. The SMILES string of the molecule is Cc1ccc(NC(=S)N2CCOCC2)cc1C. The van der Waals surface area contributed by atoms with Crippen molar-refractivity contribution in [3.63, 3.8) is 0 Å². The highest BCUT2D eigenvalue weighted by Gasteiger charge is 2.13. The standard InChI is InChI=1S/C13H18N2OS/c1-10-3-4-12(9-11(10)2)14-13(17)15-5-7-16-8-6-15/h3-4,9H,5-8H2,1-2H3,(H,14,17). The molecule has 1 aromatic rings. The van der Waals surface area contributed by atoms with Gasteiger partial charge in [0, 0.05) is 18.8 Å². The van der Waals surface area contributed by atoms with Gasteiger partial charge in [-0.2, -0.15) is 0 Å². The summed E-state index contributed by atoms with van der Waals surface area (Å²) < 4.78 is 5.31. The Bertz CT molecular complexity index is 414. The summed E-state index contributed by atoms with van der Waals surface area (Å²) in [5.74, 6) is 0. The van der Waals surface area contributed by atoms with E-state index in [0.717, 1.165) is 37.1 Å². The van der Waals surface area contributed by atoms with Gasteiger partial charge in [0.2, 0.25) is 0 Å². The van der Waals surface area contributed by atoms with Gasteiger partial charge in [0.25, 0.3) is 0 Å². The smallest absolute Gasteiger partial charge is 0.173 e. The number of hydrogen-bond donors (Lipinski definition) is 1. The molecule has 4 heteroatoms. The van der Waals surface area contributed by atoms with E-state index in [1.165, 1.54) is 11.1 Å². The average molecular weight is 250 g/mol. The van der Waals surface area contributed by atoms with Gasteiger partial charge in [0.05, 0.1) is 13.2 Å². The number of benzene rings is 1. The Morgan fingerprint density at radius 2 is 1.94 bits per heavy atom. The summed E-state index contributed by atoms with van der Waals surface area (Å²) in [5.41, 5.74) is 3.64. The summed E-state index contributed by atoms with van der Waals surface area (Å²) in [4.78, 5) is 2.15. The van der Waals surface area contributed by atoms with Crippen molar-refractivity contribution in [1.82, 2.24) is 4.90 Å². The van der Waals surface area contributed by atoms with Crippen molar-refractivity contribution in [2.75, 3.05) is 31.6 Å². The predicted molar refractivity (Wildman–Crippen MR) is 74.5 cm³/mol. The fraction of sp³-hybridized carbons (Fsp3) is 0.462. The summed E-state index contributed by atoms with van der Waals surface area (Å²) in [6.07, 6.45) is 0. The van der Waals surface area contributed by atoms with Crippen LogP contribution in [0.15, 0.2) is 18.2 Å². The summed E-state index contributed by atoms with van der Waals surface area (Å²) in [6.45, 7) is 7.48. The Morgan fingerprint density at radius 1 is 1.24 bits per heavy atom. The molecule has 2 rings (SSSR count). The monoisotopic (exact) mass is 250 g/mol. The first-order valence-corrected chi connectivity index (χ1v) is 6.28. The zero-order valence-corrected chi connectivity index (χ0v) is 11.1. The lowest BCUT2D eigenvalue weighted by Gasteiger charge is -2.29. The first-order valence-electron chi connectivity index (χ1n) is 5.88. The minimum absolute atomic E-state index is 0.759. The molecule has 0 bridgehead atoms. The highest BCUT2D eigenvalue weighted by molar-refractivity contribution is 7.80. The molecular weight excluding hydrogens is 232 g/mol. The van der Waals surface area contributed by atoms with Crippen molar-refractivity contribution >= 4 is 23.0 Å². The third-order valence-corrected chi connectivity index (χ3v) is 3.42. The van der Waals surface area contributed by atoms with Gasteiger partial charge in [0.1, 0.15) is 0 Å². The molecule has 1 saturated heterocycles. The Hall–Kier alpha value is -1.13. The lowest BCUT2D eigenvalue weighted by Crippen LogP contribution is -2.42. The topological polar surface area (TPSA) is 24.5 Å². The minimum atomic E-state index is 0.759. The molecule has 92 valence electrons. The van der Waals surface area contributed by atoms with Gasteiger partial charge in [-0.25, -0.2) is 0 Å². The van der Waals surface area contributed by atoms with Gasteiger partial charge in [-0.1, -0.05) is 6.07 Å². The molecule has 1 aliphatic heterocycles. The maximum Gasteiger partial charge on any atom is 0.173 e. The van der Waals surface area contributed by atoms with E-state index in [0.29, 0.717) is 0 Å². The molecule has 0 atom stereocenters. The van der Waals surface area contributed by atoms with Crippen LogP contribution in [0.5, 0.6) is 0 Å². The lowest BCUT2D eigenvalue weighted by molar-refractivity contribution is 0.0690. The molecule has 17 heavy (non-hydrogen) atoms. The van der Waals surface area contributed by atoms with Gasteiger partial charge < -0.3 is 15.0 Å². The van der Waals surface area contributed by atoms with E-state index in [4.69, 9.17) is 17.0 Å². The van der Waals surface area contributed by atoms with Gasteiger partial charge in [0.15, 0.2) is 5.11 Å². The lowest BCUT2D eigenvalue weighted by atomic mass is 10.1. The first-order chi connectivity index (χ1) is 8.16. The van der Waals surface area contributed by atoms with Crippen molar-refractivity contribution in [2.24, 2.45) is 0 Å². The molecule has 1 fully saturated rings. The van der Waals surface area contributed by atoms with Crippen LogP contribution in [0, 0.1) is 13.8 Å². The fourth-order valence-electron chi connectivity index (χ4n) is 1.79. The molecule has 0 amide bonds. The quantitative estimate of drug-likeness (QED) is 0.773. The minimum Gasteiger partial charge on any atom is -0.378 e. The van der Waals surface area contributed by atoms with E-state index >= 15 is 0 Å². The fourth-order valence-corrected chi connectivity index (χ4v) is 2.09. The number of ether oxygens (including phenoxy) is 1. The van der Waals surface area contributed by atoms with Crippen LogP contribution in [0.2, 0.25) is 0 Å². The van der Waals surface area contributed by atoms with Crippen molar-refractivity contribution in [3.8, 4) is 0 Å². The Labute approximate surface area is 108 Å². The van der Waals surface area contributed by atoms with Crippen molar-refractivity contribution in [3.05, 3.63) is 29.3 Å². The van der Waals surface area contributed by atoms with E-state index < -0.39 is 0 Å². The Morgan fingerprint density at radius 3 is 2.59 bits per heavy atom. The van der Waals surface area contributed by atoms with Crippen LogP contribution in [0.25, 0.3) is 0 Å². The van der Waals surface area contributed by atoms with E-state index in [2.05, 4.69) is 42.3 Å². The largest absolute Gasteiger partial charge is 0.378 e. The number of thiocarbonyl (C=S) groups is 1. The Balaban J connectivity index is 1.99. The van der Waals surface area contributed by atoms with Crippen LogP contribution in [0.3, 0.4) is 0 Å². The number of anilines is 1. The zero-order valence-electron chi connectivity index (χ0n) is 10.3. The third-order valence-electron chi connectivity index (χ3n) is 3.06. The summed E-state index contributed by atoms with van der Waals surface area (Å²) in [7, 11) is 0. The number of hydrogen-bond acceptors (Lipinski definition) is 2. The van der Waals surface area contributed by atoms with Crippen LogP contribution >= 0.6 is 12.2 Å². The second-order valence-electron chi connectivity index (χ2n) is 4.33. The molecule has 1 N–H and O–H groups in total. The van der Waals surface area contributed by atoms with Crippen LogP contribution < -0.4 is 5.32 Å². The van der Waals surface area contributed by atoms with E-state index in [9.17, 15) is 0 Å². The first kappa shape index (κ1) is 12.3. The number of nitrogens with zero attached hydrogens (tertiary/aromatic N) is 1. The van der Waals surface area contributed by atoms with E-state index in [1.807, 2.05) is 0 Å². The predicted octanol–water partition coefficient (Wildman–Crippen LogP) is 2.33. The number of aryl methyl sites for hydroxylation is 2. The maximum absolute atomic E-state index is 5.39. The summed E-state index contributed by atoms with van der Waals surface area (Å²) in [6, 6.07) is 6.30. The van der Waals surface area contributed by atoms with Gasteiger partial charge in [-0.15, -0.1) is 0 Å². The highest BCUT2D eigenvalue weighted by Crippen LogP contribution is 2.15. The van der Waals surface area contributed by atoms with Crippen LogP contribution in [-0.2, 0) is 4.74 Å². The van der Waals surface area contributed by atoms with Crippen LogP contribution in [-0.4, -0.2) is 36.3 Å². The molecule has 0 radical (unpaired) electrons. The molecule has 3 nitrogen and oxygen atoms in total. The van der Waals surface area contributed by atoms with Gasteiger partial charge in [-0.05, 0) is 49.3 Å². The van der Waals surface area contributed by atoms with Crippen molar-refractivity contribution < 1.29 is 4.74 Å². The number of rotatable bonds is 1. The molecule has 0 aliphatic carbocycles. The second-order valence-corrected chi connectivity index (χ2v) is 4.72. The highest BCUT2D eigenvalue weighted by atomic mass is 32.1. The number of nitrogens with one attached hydrogen (secondary N) is 1. The maximum atomic E-state index is 5.39. The molecule has 0 spiro atoms. The molecular formula is C13H18N2OS. The van der Waals surface area contributed by atoms with Gasteiger partial charge >= 0.3 is 0 Å².